The number of nitrogens with zero attached hydrogens (tertiary/aromatic N) is 1. The van der Waals surface area contributed by atoms with Crippen LogP contribution >= 0.6 is 24.0 Å². The van der Waals surface area contributed by atoms with Crippen molar-refractivity contribution >= 4 is 46.1 Å². The number of carbonyl (C=O) groups is 3. The van der Waals surface area contributed by atoms with E-state index < -0.39 is 17.3 Å². The van der Waals surface area contributed by atoms with Gasteiger partial charge in [0.1, 0.15) is 4.32 Å². The molecule has 25 heavy (non-hydrogen) atoms. The highest BCUT2D eigenvalue weighted by atomic mass is 32.2. The van der Waals surface area contributed by atoms with Crippen molar-refractivity contribution in [2.75, 3.05) is 25.4 Å². The molecule has 1 saturated heterocycles. The molecule has 1 aliphatic heterocycles. The molecule has 134 valence electrons. The number of rotatable bonds is 7. The van der Waals surface area contributed by atoms with Crippen molar-refractivity contribution in [2.24, 2.45) is 0 Å². The fourth-order valence-electron chi connectivity index (χ4n) is 2.24. The van der Waals surface area contributed by atoms with Gasteiger partial charge in [-0.05, 0) is 19.4 Å². The Labute approximate surface area is 156 Å². The number of esters is 1. The summed E-state index contributed by atoms with van der Waals surface area (Å²) < 4.78 is 5.65. The van der Waals surface area contributed by atoms with Gasteiger partial charge in [-0.1, -0.05) is 54.3 Å². The maximum Gasteiger partial charge on any atom is 0.316 e. The van der Waals surface area contributed by atoms with Gasteiger partial charge in [0.2, 0.25) is 5.91 Å². The number of hydrogen-bond donors (Lipinski definition) is 1. The van der Waals surface area contributed by atoms with E-state index >= 15 is 0 Å². The average molecular weight is 380 g/mol. The van der Waals surface area contributed by atoms with E-state index in [1.807, 2.05) is 30.3 Å². The van der Waals surface area contributed by atoms with E-state index in [-0.39, 0.29) is 19.1 Å². The minimum absolute atomic E-state index is 0.0553. The highest BCUT2D eigenvalue weighted by molar-refractivity contribution is 8.23. The summed E-state index contributed by atoms with van der Waals surface area (Å²) in [5, 5.41) is 2.62. The Morgan fingerprint density at radius 1 is 1.32 bits per heavy atom. The van der Waals surface area contributed by atoms with Crippen LogP contribution < -0.4 is 5.32 Å². The summed E-state index contributed by atoms with van der Waals surface area (Å²) in [6.45, 7) is 3.72. The zero-order valence-corrected chi connectivity index (χ0v) is 15.7. The van der Waals surface area contributed by atoms with E-state index in [2.05, 4.69) is 5.32 Å². The van der Waals surface area contributed by atoms with Gasteiger partial charge in [-0.2, -0.15) is 0 Å². The highest BCUT2D eigenvalue weighted by Crippen LogP contribution is 2.24. The van der Waals surface area contributed by atoms with Crippen LogP contribution in [-0.4, -0.2) is 52.5 Å². The van der Waals surface area contributed by atoms with Gasteiger partial charge in [0.25, 0.3) is 5.91 Å². The van der Waals surface area contributed by atoms with Crippen LogP contribution in [0.15, 0.2) is 30.3 Å². The molecule has 0 saturated carbocycles. The molecule has 2 rings (SSSR count). The first-order chi connectivity index (χ1) is 11.8. The number of amides is 2. The van der Waals surface area contributed by atoms with Crippen LogP contribution in [0.4, 0.5) is 0 Å². The molecule has 1 aromatic rings. The number of thiocarbonyl (C=S) groups is 1. The number of thioether (sulfide) groups is 1. The molecule has 6 nitrogen and oxygen atoms in total. The Hall–Kier alpha value is -1.93. The SMILES string of the molecule is CC(C)(C(=O)OCC(=O)NCCN1C(=O)CSC1=S)c1ccccc1. The third-order valence-electron chi connectivity index (χ3n) is 3.84. The molecule has 1 heterocycles. The fraction of sp³-hybridized carbons (Fsp3) is 0.412. The van der Waals surface area contributed by atoms with Gasteiger partial charge < -0.3 is 10.1 Å². The predicted molar refractivity (Wildman–Crippen MR) is 100 cm³/mol. The maximum absolute atomic E-state index is 12.3. The molecule has 0 radical (unpaired) electrons. The largest absolute Gasteiger partial charge is 0.455 e. The van der Waals surface area contributed by atoms with Gasteiger partial charge >= 0.3 is 5.97 Å². The van der Waals surface area contributed by atoms with Gasteiger partial charge in [-0.15, -0.1) is 0 Å². The second-order valence-electron chi connectivity index (χ2n) is 6.02. The molecular formula is C17H20N2O4S2. The Bertz CT molecular complexity index is 660. The summed E-state index contributed by atoms with van der Waals surface area (Å²) in [5.41, 5.74) is -0.0219. The second-order valence-corrected chi connectivity index (χ2v) is 7.63. The van der Waals surface area contributed by atoms with Crippen molar-refractivity contribution in [3.05, 3.63) is 35.9 Å². The van der Waals surface area contributed by atoms with Gasteiger partial charge in [-0.3, -0.25) is 19.3 Å². The molecule has 2 amide bonds. The van der Waals surface area contributed by atoms with Crippen molar-refractivity contribution in [2.45, 2.75) is 19.3 Å². The summed E-state index contributed by atoms with van der Waals surface area (Å²) in [6.07, 6.45) is 0. The zero-order chi connectivity index (χ0) is 18.4. The lowest BCUT2D eigenvalue weighted by Crippen LogP contribution is -2.40. The van der Waals surface area contributed by atoms with Crippen LogP contribution in [0.3, 0.4) is 0 Å². The lowest BCUT2D eigenvalue weighted by Gasteiger charge is -2.23. The van der Waals surface area contributed by atoms with E-state index in [0.29, 0.717) is 16.6 Å². The topological polar surface area (TPSA) is 75.7 Å². The normalized spacial score (nSPS) is 14.6. The minimum atomic E-state index is -0.840. The monoisotopic (exact) mass is 380 g/mol. The fourth-order valence-corrected chi connectivity index (χ4v) is 3.36. The van der Waals surface area contributed by atoms with E-state index in [1.165, 1.54) is 16.7 Å². The second kappa shape index (κ2) is 8.44. The first-order valence-electron chi connectivity index (χ1n) is 7.79. The molecule has 0 aromatic heterocycles. The van der Waals surface area contributed by atoms with Gasteiger partial charge in [0.05, 0.1) is 11.2 Å². The molecule has 0 atom stereocenters. The number of nitrogens with one attached hydrogen (secondary N) is 1. The summed E-state index contributed by atoms with van der Waals surface area (Å²) in [5.74, 6) is -0.595. The van der Waals surface area contributed by atoms with Crippen LogP contribution in [-0.2, 0) is 24.5 Å². The molecule has 8 heteroatoms. The van der Waals surface area contributed by atoms with Crippen molar-refractivity contribution < 1.29 is 19.1 Å². The van der Waals surface area contributed by atoms with Gasteiger partial charge in [-0.25, -0.2) is 0 Å². The summed E-state index contributed by atoms with van der Waals surface area (Å²) >= 11 is 6.37. The smallest absolute Gasteiger partial charge is 0.316 e. The van der Waals surface area contributed by atoms with Crippen LogP contribution in [0.5, 0.6) is 0 Å². The van der Waals surface area contributed by atoms with Crippen molar-refractivity contribution in [3.63, 3.8) is 0 Å². The Kier molecular flexibility index (Phi) is 6.55. The standard InChI is InChI=1S/C17H20N2O4S2/c1-17(2,12-6-4-3-5-7-12)15(22)23-10-13(20)18-8-9-19-14(21)11-25-16(19)24/h3-7H,8-11H2,1-2H3,(H,18,20). The van der Waals surface area contributed by atoms with Crippen LogP contribution in [0.1, 0.15) is 19.4 Å². The van der Waals surface area contributed by atoms with Crippen LogP contribution in [0.2, 0.25) is 0 Å². The third kappa shape index (κ3) is 5.02. The maximum atomic E-state index is 12.3. The number of carbonyl (C=O) groups excluding carboxylic acids is 3. The Morgan fingerprint density at radius 3 is 2.60 bits per heavy atom. The first-order valence-corrected chi connectivity index (χ1v) is 9.18. The molecule has 0 unspecified atom stereocenters. The molecule has 0 bridgehead atoms. The highest BCUT2D eigenvalue weighted by Gasteiger charge is 2.32. The number of benzene rings is 1. The lowest BCUT2D eigenvalue weighted by molar-refractivity contribution is -0.153. The number of hydrogen-bond acceptors (Lipinski definition) is 6. The Balaban J connectivity index is 1.75. The number of ether oxygens (including phenoxy) is 1. The van der Waals surface area contributed by atoms with Crippen LogP contribution in [0, 0.1) is 0 Å². The minimum Gasteiger partial charge on any atom is -0.455 e. The molecular weight excluding hydrogens is 360 g/mol. The third-order valence-corrected chi connectivity index (χ3v) is 5.27. The van der Waals surface area contributed by atoms with Gasteiger partial charge in [0, 0.05) is 13.1 Å². The van der Waals surface area contributed by atoms with E-state index in [9.17, 15) is 14.4 Å². The summed E-state index contributed by atoms with van der Waals surface area (Å²) in [6, 6.07) is 9.25. The quantitative estimate of drug-likeness (QED) is 0.571. The average Bonchev–Trinajstić information content (AvgIpc) is 2.92. The molecule has 1 aromatic carbocycles. The van der Waals surface area contributed by atoms with E-state index in [4.69, 9.17) is 17.0 Å². The van der Waals surface area contributed by atoms with E-state index in [1.54, 1.807) is 13.8 Å². The summed E-state index contributed by atoms with van der Waals surface area (Å²) in [4.78, 5) is 37.1. The Morgan fingerprint density at radius 2 is 2.00 bits per heavy atom. The summed E-state index contributed by atoms with van der Waals surface area (Å²) in [7, 11) is 0. The molecule has 1 aliphatic rings. The molecule has 0 aliphatic carbocycles. The zero-order valence-electron chi connectivity index (χ0n) is 14.1. The van der Waals surface area contributed by atoms with Gasteiger partial charge in [0.15, 0.2) is 6.61 Å². The van der Waals surface area contributed by atoms with Crippen LogP contribution in [0.25, 0.3) is 0 Å². The van der Waals surface area contributed by atoms with Crippen molar-refractivity contribution in [1.82, 2.24) is 10.2 Å². The molecule has 1 N–H and O–H groups in total. The van der Waals surface area contributed by atoms with Crippen molar-refractivity contribution in [3.8, 4) is 0 Å². The molecule has 1 fully saturated rings. The lowest BCUT2D eigenvalue weighted by atomic mass is 9.85. The molecule has 0 spiro atoms. The predicted octanol–water partition coefficient (Wildman–Crippen LogP) is 1.48. The van der Waals surface area contributed by atoms with Crippen molar-refractivity contribution in [1.29, 1.82) is 0 Å². The first kappa shape index (κ1) is 19.4. The van der Waals surface area contributed by atoms with E-state index in [0.717, 1.165) is 5.56 Å².